The van der Waals surface area contributed by atoms with Gasteiger partial charge in [0.25, 0.3) is 0 Å². The third-order valence-corrected chi connectivity index (χ3v) is 3.52. The zero-order chi connectivity index (χ0) is 18.2. The van der Waals surface area contributed by atoms with Gasteiger partial charge in [0, 0.05) is 13.5 Å². The van der Waals surface area contributed by atoms with E-state index in [4.69, 9.17) is 9.47 Å². The van der Waals surface area contributed by atoms with Gasteiger partial charge in [-0.2, -0.15) is 5.10 Å². The SMILES string of the molecule is CCOC(=O)c1c(C)nn(C)c1NC(=O)CCCOc1ccccc1. The number of carbonyl (C=O) groups is 2. The third-order valence-electron chi connectivity index (χ3n) is 3.52. The van der Waals surface area contributed by atoms with Gasteiger partial charge in [0.2, 0.25) is 5.91 Å². The van der Waals surface area contributed by atoms with Crippen molar-refractivity contribution in [2.75, 3.05) is 18.5 Å². The molecule has 134 valence electrons. The topological polar surface area (TPSA) is 82.5 Å². The Kier molecular flexibility index (Phi) is 6.56. The van der Waals surface area contributed by atoms with E-state index in [0.29, 0.717) is 30.1 Å². The highest BCUT2D eigenvalue weighted by atomic mass is 16.5. The van der Waals surface area contributed by atoms with E-state index in [0.717, 1.165) is 5.75 Å². The number of hydrogen-bond donors (Lipinski definition) is 1. The lowest BCUT2D eigenvalue weighted by Crippen LogP contribution is -2.18. The lowest BCUT2D eigenvalue weighted by molar-refractivity contribution is -0.116. The number of carbonyl (C=O) groups excluding carboxylic acids is 2. The molecule has 1 aromatic heterocycles. The Bertz CT molecular complexity index is 725. The second-order valence-electron chi connectivity index (χ2n) is 5.47. The van der Waals surface area contributed by atoms with E-state index < -0.39 is 5.97 Å². The molecule has 0 aliphatic carbocycles. The van der Waals surface area contributed by atoms with Crippen LogP contribution in [0, 0.1) is 6.92 Å². The van der Waals surface area contributed by atoms with Gasteiger partial charge in [0.1, 0.15) is 17.1 Å². The number of hydrogen-bond acceptors (Lipinski definition) is 5. The quantitative estimate of drug-likeness (QED) is 0.587. The van der Waals surface area contributed by atoms with Gasteiger partial charge >= 0.3 is 5.97 Å². The molecule has 1 amide bonds. The van der Waals surface area contributed by atoms with E-state index in [1.54, 1.807) is 20.9 Å². The summed E-state index contributed by atoms with van der Waals surface area (Å²) in [7, 11) is 1.67. The number of benzene rings is 1. The predicted molar refractivity (Wildman–Crippen MR) is 93.7 cm³/mol. The fourth-order valence-corrected chi connectivity index (χ4v) is 2.38. The molecule has 0 aliphatic heterocycles. The number of para-hydroxylation sites is 1. The highest BCUT2D eigenvalue weighted by Gasteiger charge is 2.22. The molecular formula is C18H23N3O4. The van der Waals surface area contributed by atoms with E-state index in [1.165, 1.54) is 4.68 Å². The number of anilines is 1. The maximum Gasteiger partial charge on any atom is 0.343 e. The summed E-state index contributed by atoms with van der Waals surface area (Å²) in [6, 6.07) is 9.43. The Hall–Kier alpha value is -2.83. The van der Waals surface area contributed by atoms with Crippen molar-refractivity contribution in [2.24, 2.45) is 7.05 Å². The maximum absolute atomic E-state index is 12.2. The van der Waals surface area contributed by atoms with Gasteiger partial charge in [-0.25, -0.2) is 4.79 Å². The summed E-state index contributed by atoms with van der Waals surface area (Å²) in [5, 5.41) is 6.92. The lowest BCUT2D eigenvalue weighted by Gasteiger charge is -2.09. The largest absolute Gasteiger partial charge is 0.494 e. The van der Waals surface area contributed by atoms with Gasteiger partial charge in [-0.3, -0.25) is 9.48 Å². The Labute approximate surface area is 146 Å². The Morgan fingerprint density at radius 3 is 2.64 bits per heavy atom. The molecule has 0 saturated heterocycles. The molecule has 0 aliphatic rings. The van der Waals surface area contributed by atoms with Crippen LogP contribution in [0.5, 0.6) is 5.75 Å². The van der Waals surface area contributed by atoms with Gasteiger partial charge in [-0.05, 0) is 32.4 Å². The first-order valence-electron chi connectivity index (χ1n) is 8.21. The Balaban J connectivity index is 1.89. The molecular weight excluding hydrogens is 322 g/mol. The van der Waals surface area contributed by atoms with Crippen LogP contribution in [0.3, 0.4) is 0 Å². The van der Waals surface area contributed by atoms with E-state index in [-0.39, 0.29) is 18.9 Å². The summed E-state index contributed by atoms with van der Waals surface area (Å²) >= 11 is 0. The molecule has 1 N–H and O–H groups in total. The second-order valence-corrected chi connectivity index (χ2v) is 5.47. The van der Waals surface area contributed by atoms with Crippen LogP contribution in [-0.2, 0) is 16.6 Å². The zero-order valence-corrected chi connectivity index (χ0v) is 14.7. The van der Waals surface area contributed by atoms with Gasteiger partial charge in [0.15, 0.2) is 0 Å². The smallest absolute Gasteiger partial charge is 0.343 e. The Morgan fingerprint density at radius 2 is 1.96 bits per heavy atom. The van der Waals surface area contributed by atoms with Crippen molar-refractivity contribution in [3.05, 3.63) is 41.6 Å². The van der Waals surface area contributed by atoms with E-state index in [1.807, 2.05) is 30.3 Å². The molecule has 0 spiro atoms. The average Bonchev–Trinajstić information content (AvgIpc) is 2.86. The number of ether oxygens (including phenoxy) is 2. The number of nitrogens with zero attached hydrogens (tertiary/aromatic N) is 2. The van der Waals surface area contributed by atoms with Crippen LogP contribution in [0.2, 0.25) is 0 Å². The lowest BCUT2D eigenvalue weighted by atomic mass is 10.2. The molecule has 7 nitrogen and oxygen atoms in total. The standard InChI is InChI=1S/C18H23N3O4/c1-4-24-18(23)16-13(2)20-21(3)17(16)19-15(22)11-8-12-25-14-9-6-5-7-10-14/h5-7,9-10H,4,8,11-12H2,1-3H3,(H,19,22). The fourth-order valence-electron chi connectivity index (χ4n) is 2.38. The van der Waals surface area contributed by atoms with Crippen LogP contribution < -0.4 is 10.1 Å². The molecule has 0 fully saturated rings. The maximum atomic E-state index is 12.2. The minimum Gasteiger partial charge on any atom is -0.494 e. The molecule has 0 saturated carbocycles. The molecule has 2 rings (SSSR count). The zero-order valence-electron chi connectivity index (χ0n) is 14.7. The molecule has 0 atom stereocenters. The van der Waals surface area contributed by atoms with Crippen molar-refractivity contribution < 1.29 is 19.1 Å². The van der Waals surface area contributed by atoms with Crippen LogP contribution in [0.25, 0.3) is 0 Å². The van der Waals surface area contributed by atoms with Gasteiger partial charge in [0.05, 0.1) is 18.9 Å². The summed E-state index contributed by atoms with van der Waals surface area (Å²) in [5.74, 6) is 0.431. The summed E-state index contributed by atoms with van der Waals surface area (Å²) in [5.41, 5.74) is 0.807. The van der Waals surface area contributed by atoms with Crippen LogP contribution in [-0.4, -0.2) is 34.9 Å². The second kappa shape index (κ2) is 8.86. The number of nitrogens with one attached hydrogen (secondary N) is 1. The molecule has 25 heavy (non-hydrogen) atoms. The summed E-state index contributed by atoms with van der Waals surface area (Å²) in [4.78, 5) is 24.2. The van der Waals surface area contributed by atoms with Crippen molar-refractivity contribution in [1.29, 1.82) is 0 Å². The molecule has 0 unspecified atom stereocenters. The minimum atomic E-state index is -0.490. The highest BCUT2D eigenvalue weighted by Crippen LogP contribution is 2.20. The molecule has 1 heterocycles. The first kappa shape index (κ1) is 18.5. The number of aryl methyl sites for hydroxylation is 2. The summed E-state index contributed by atoms with van der Waals surface area (Å²) < 4.78 is 12.1. The van der Waals surface area contributed by atoms with Crippen LogP contribution in [0.15, 0.2) is 30.3 Å². The first-order valence-corrected chi connectivity index (χ1v) is 8.21. The Morgan fingerprint density at radius 1 is 1.24 bits per heavy atom. The van der Waals surface area contributed by atoms with Crippen LogP contribution in [0.1, 0.15) is 35.8 Å². The fraction of sp³-hybridized carbons (Fsp3) is 0.389. The molecule has 2 aromatic rings. The van der Waals surface area contributed by atoms with E-state index >= 15 is 0 Å². The molecule has 7 heteroatoms. The van der Waals surface area contributed by atoms with Crippen molar-refractivity contribution in [3.8, 4) is 5.75 Å². The summed E-state index contributed by atoms with van der Waals surface area (Å²) in [6.45, 7) is 4.13. The summed E-state index contributed by atoms with van der Waals surface area (Å²) in [6.07, 6.45) is 0.839. The highest BCUT2D eigenvalue weighted by molar-refractivity contribution is 6.01. The van der Waals surface area contributed by atoms with Crippen LogP contribution >= 0.6 is 0 Å². The number of amides is 1. The van der Waals surface area contributed by atoms with Crippen molar-refractivity contribution >= 4 is 17.7 Å². The monoisotopic (exact) mass is 345 g/mol. The van der Waals surface area contributed by atoms with Crippen molar-refractivity contribution in [3.63, 3.8) is 0 Å². The normalized spacial score (nSPS) is 10.4. The average molecular weight is 345 g/mol. The number of rotatable bonds is 8. The van der Waals surface area contributed by atoms with Gasteiger partial charge in [-0.1, -0.05) is 18.2 Å². The number of esters is 1. The van der Waals surface area contributed by atoms with E-state index in [9.17, 15) is 9.59 Å². The molecule has 0 radical (unpaired) electrons. The molecule has 1 aromatic carbocycles. The third kappa shape index (κ3) is 5.07. The number of aromatic nitrogens is 2. The predicted octanol–water partition coefficient (Wildman–Crippen LogP) is 2.70. The van der Waals surface area contributed by atoms with Gasteiger partial charge in [-0.15, -0.1) is 0 Å². The first-order chi connectivity index (χ1) is 12.0. The van der Waals surface area contributed by atoms with E-state index in [2.05, 4.69) is 10.4 Å². The minimum absolute atomic E-state index is 0.204. The molecule has 0 bridgehead atoms. The van der Waals surface area contributed by atoms with Crippen molar-refractivity contribution in [1.82, 2.24) is 9.78 Å². The van der Waals surface area contributed by atoms with Crippen molar-refractivity contribution in [2.45, 2.75) is 26.7 Å². The van der Waals surface area contributed by atoms with Gasteiger partial charge < -0.3 is 14.8 Å². The van der Waals surface area contributed by atoms with Crippen LogP contribution in [0.4, 0.5) is 5.82 Å².